The molecule has 1 aliphatic rings. The van der Waals surface area contributed by atoms with Crippen LogP contribution in [0.4, 0.5) is 5.69 Å². The van der Waals surface area contributed by atoms with E-state index in [-0.39, 0.29) is 11.8 Å². The summed E-state index contributed by atoms with van der Waals surface area (Å²) in [6, 6.07) is 12.1. The van der Waals surface area contributed by atoms with Crippen LogP contribution in [0.2, 0.25) is 5.02 Å². The molecule has 1 aliphatic heterocycles. The van der Waals surface area contributed by atoms with E-state index in [0.717, 1.165) is 15.7 Å². The second-order valence-electron chi connectivity index (χ2n) is 6.10. The summed E-state index contributed by atoms with van der Waals surface area (Å²) in [5.41, 5.74) is 2.37. The summed E-state index contributed by atoms with van der Waals surface area (Å²) in [4.78, 5) is 29.0. The Morgan fingerprint density at radius 2 is 1.84 bits per heavy atom. The Balaban J connectivity index is 1.81. The number of piperazine rings is 1. The fraction of sp³-hybridized carbons (Fsp3) is 0.263. The van der Waals surface area contributed by atoms with Gasteiger partial charge in [0, 0.05) is 33.8 Å². The summed E-state index contributed by atoms with van der Waals surface area (Å²) < 4.78 is 0.913. The van der Waals surface area contributed by atoms with Crippen LogP contribution in [-0.2, 0) is 4.79 Å². The van der Waals surface area contributed by atoms with Gasteiger partial charge in [0.05, 0.1) is 0 Å². The molecule has 130 valence electrons. The molecule has 4 nitrogen and oxygen atoms in total. The first-order chi connectivity index (χ1) is 11.9. The monoisotopic (exact) mass is 420 g/mol. The van der Waals surface area contributed by atoms with Crippen LogP contribution >= 0.6 is 27.5 Å². The van der Waals surface area contributed by atoms with Gasteiger partial charge in [-0.05, 0) is 61.9 Å². The van der Waals surface area contributed by atoms with Gasteiger partial charge in [0.1, 0.15) is 6.04 Å². The van der Waals surface area contributed by atoms with E-state index in [1.165, 1.54) is 0 Å². The Kier molecular flexibility index (Phi) is 5.16. The number of anilines is 1. The van der Waals surface area contributed by atoms with Crippen LogP contribution in [0.5, 0.6) is 0 Å². The summed E-state index contributed by atoms with van der Waals surface area (Å²) in [6.45, 7) is 4.66. The van der Waals surface area contributed by atoms with Crippen molar-refractivity contribution in [2.75, 3.05) is 18.0 Å². The molecule has 0 N–H and O–H groups in total. The van der Waals surface area contributed by atoms with E-state index in [1.54, 1.807) is 34.9 Å². The minimum absolute atomic E-state index is 0.0814. The number of aryl methyl sites for hydroxylation is 1. The van der Waals surface area contributed by atoms with Crippen molar-refractivity contribution in [3.63, 3.8) is 0 Å². The first kappa shape index (κ1) is 18.0. The molecule has 25 heavy (non-hydrogen) atoms. The highest BCUT2D eigenvalue weighted by Gasteiger charge is 2.35. The van der Waals surface area contributed by atoms with Crippen LogP contribution in [-0.4, -0.2) is 35.8 Å². The van der Waals surface area contributed by atoms with Crippen LogP contribution in [0.3, 0.4) is 0 Å². The lowest BCUT2D eigenvalue weighted by molar-refractivity contribution is -0.124. The highest BCUT2D eigenvalue weighted by Crippen LogP contribution is 2.27. The zero-order valence-corrected chi connectivity index (χ0v) is 16.3. The van der Waals surface area contributed by atoms with Crippen LogP contribution in [0, 0.1) is 6.92 Å². The maximum absolute atomic E-state index is 12.9. The molecular weight excluding hydrogens is 404 g/mol. The molecule has 2 aromatic carbocycles. The van der Waals surface area contributed by atoms with Gasteiger partial charge in [-0.3, -0.25) is 9.59 Å². The van der Waals surface area contributed by atoms with Gasteiger partial charge in [0.25, 0.3) is 5.91 Å². The van der Waals surface area contributed by atoms with Gasteiger partial charge >= 0.3 is 0 Å². The van der Waals surface area contributed by atoms with Crippen LogP contribution in [0.15, 0.2) is 46.9 Å². The Labute approximate surface area is 160 Å². The number of carbonyl (C=O) groups excluding carboxylic acids is 2. The normalized spacial score (nSPS) is 17.8. The molecule has 1 heterocycles. The zero-order chi connectivity index (χ0) is 18.1. The van der Waals surface area contributed by atoms with Crippen LogP contribution in [0.1, 0.15) is 22.8 Å². The lowest BCUT2D eigenvalue weighted by Gasteiger charge is -2.39. The third-order valence-corrected chi connectivity index (χ3v) is 5.22. The van der Waals surface area contributed by atoms with Gasteiger partial charge in [0.2, 0.25) is 5.91 Å². The molecule has 0 aromatic heterocycles. The van der Waals surface area contributed by atoms with Gasteiger partial charge in [-0.15, -0.1) is 0 Å². The summed E-state index contributed by atoms with van der Waals surface area (Å²) in [6.07, 6.45) is 0. The second kappa shape index (κ2) is 7.18. The quantitative estimate of drug-likeness (QED) is 0.726. The number of halogens is 2. The Morgan fingerprint density at radius 1 is 1.16 bits per heavy atom. The molecule has 1 saturated heterocycles. The Hall–Kier alpha value is -1.85. The van der Waals surface area contributed by atoms with Crippen molar-refractivity contribution >= 4 is 45.0 Å². The van der Waals surface area contributed by atoms with E-state index in [0.29, 0.717) is 23.7 Å². The molecule has 1 atom stereocenters. The van der Waals surface area contributed by atoms with E-state index in [1.807, 2.05) is 31.2 Å². The number of nitrogens with zero attached hydrogens (tertiary/aromatic N) is 2. The highest BCUT2D eigenvalue weighted by molar-refractivity contribution is 9.10. The smallest absolute Gasteiger partial charge is 0.254 e. The molecule has 0 radical (unpaired) electrons. The van der Waals surface area contributed by atoms with Gasteiger partial charge in [-0.25, -0.2) is 0 Å². The molecule has 1 fully saturated rings. The number of carbonyl (C=O) groups is 2. The van der Waals surface area contributed by atoms with E-state index >= 15 is 0 Å². The van der Waals surface area contributed by atoms with Gasteiger partial charge in [0.15, 0.2) is 0 Å². The largest absolute Gasteiger partial charge is 0.325 e. The van der Waals surface area contributed by atoms with Crippen LogP contribution in [0.25, 0.3) is 0 Å². The molecule has 1 unspecified atom stereocenters. The lowest BCUT2D eigenvalue weighted by atomic mass is 10.1. The average Bonchev–Trinajstić information content (AvgIpc) is 2.58. The maximum Gasteiger partial charge on any atom is 0.254 e. The third-order valence-electron chi connectivity index (χ3n) is 4.46. The fourth-order valence-corrected chi connectivity index (χ4v) is 3.56. The second-order valence-corrected chi connectivity index (χ2v) is 7.45. The van der Waals surface area contributed by atoms with Crippen molar-refractivity contribution in [2.45, 2.75) is 19.9 Å². The minimum Gasteiger partial charge on any atom is -0.325 e. The van der Waals surface area contributed by atoms with Crippen molar-refractivity contribution in [3.8, 4) is 0 Å². The Morgan fingerprint density at radius 3 is 2.48 bits per heavy atom. The molecule has 0 saturated carbocycles. The molecule has 0 aliphatic carbocycles. The number of hydrogen-bond donors (Lipinski definition) is 0. The predicted molar refractivity (Wildman–Crippen MR) is 103 cm³/mol. The fourth-order valence-electron chi connectivity index (χ4n) is 3.07. The standard InChI is InChI=1S/C19H18BrClN2O2/c1-12-11-16(21)7-8-17(12)23-10-9-22(13(2)18(23)24)19(25)14-3-5-15(20)6-4-14/h3-8,11,13H,9-10H2,1-2H3. The molecule has 2 aromatic rings. The number of rotatable bonds is 2. The lowest BCUT2D eigenvalue weighted by Crippen LogP contribution is -2.57. The van der Waals surface area contributed by atoms with E-state index in [2.05, 4.69) is 15.9 Å². The van der Waals surface area contributed by atoms with Gasteiger partial charge < -0.3 is 9.80 Å². The van der Waals surface area contributed by atoms with Crippen molar-refractivity contribution in [2.24, 2.45) is 0 Å². The maximum atomic E-state index is 12.9. The van der Waals surface area contributed by atoms with E-state index in [9.17, 15) is 9.59 Å². The first-order valence-corrected chi connectivity index (χ1v) is 9.19. The molecule has 6 heteroatoms. The summed E-state index contributed by atoms with van der Waals surface area (Å²) >= 11 is 9.37. The van der Waals surface area contributed by atoms with Crippen molar-refractivity contribution < 1.29 is 9.59 Å². The molecule has 3 rings (SSSR count). The van der Waals surface area contributed by atoms with Gasteiger partial charge in [-0.1, -0.05) is 27.5 Å². The molecule has 0 spiro atoms. The topological polar surface area (TPSA) is 40.6 Å². The Bertz CT molecular complexity index is 823. The van der Waals surface area contributed by atoms with Crippen molar-refractivity contribution in [1.82, 2.24) is 4.90 Å². The minimum atomic E-state index is -0.514. The number of benzene rings is 2. The SMILES string of the molecule is Cc1cc(Cl)ccc1N1CCN(C(=O)c2ccc(Br)cc2)C(C)C1=O. The van der Waals surface area contributed by atoms with Crippen molar-refractivity contribution in [1.29, 1.82) is 0 Å². The first-order valence-electron chi connectivity index (χ1n) is 8.02. The summed E-state index contributed by atoms with van der Waals surface area (Å²) in [5.74, 6) is -0.206. The van der Waals surface area contributed by atoms with Gasteiger partial charge in [-0.2, -0.15) is 0 Å². The third kappa shape index (κ3) is 3.58. The molecule has 0 bridgehead atoms. The van der Waals surface area contributed by atoms with Crippen LogP contribution < -0.4 is 4.90 Å². The summed E-state index contributed by atoms with van der Waals surface area (Å²) in [5, 5.41) is 0.644. The average molecular weight is 422 g/mol. The molecule has 2 amide bonds. The highest BCUT2D eigenvalue weighted by atomic mass is 79.9. The van der Waals surface area contributed by atoms with E-state index < -0.39 is 6.04 Å². The summed E-state index contributed by atoms with van der Waals surface area (Å²) in [7, 11) is 0. The van der Waals surface area contributed by atoms with Crippen molar-refractivity contribution in [3.05, 3.63) is 63.1 Å². The number of amides is 2. The van der Waals surface area contributed by atoms with E-state index in [4.69, 9.17) is 11.6 Å². The zero-order valence-electron chi connectivity index (χ0n) is 14.0. The molecular formula is C19H18BrClN2O2. The number of hydrogen-bond acceptors (Lipinski definition) is 2. The predicted octanol–water partition coefficient (Wildman–Crippen LogP) is 4.29.